The third-order valence-electron chi connectivity index (χ3n) is 7.40. The molecule has 0 aliphatic carbocycles. The monoisotopic (exact) mass is 578 g/mol. The minimum atomic E-state index is -4.83. The predicted octanol–water partition coefficient (Wildman–Crippen LogP) is 5.45. The summed E-state index contributed by atoms with van der Waals surface area (Å²) in [4.78, 5) is 40.7. The molecule has 0 saturated carbocycles. The van der Waals surface area contributed by atoms with E-state index in [-0.39, 0.29) is 13.0 Å². The Labute approximate surface area is 238 Å². The number of methoxy groups -OCH3 is 2. The first-order valence-electron chi connectivity index (χ1n) is 13.1. The highest BCUT2D eigenvalue weighted by Gasteiger charge is 2.54. The summed E-state index contributed by atoms with van der Waals surface area (Å²) in [5, 5.41) is 2.30. The normalized spacial score (nSPS) is 20.3. The third-order valence-corrected chi connectivity index (χ3v) is 7.40. The molecule has 11 heteroatoms. The molecule has 1 heterocycles. The number of hydrogen-bond acceptors (Lipinski definition) is 6. The Morgan fingerprint density at radius 2 is 1.49 bits per heavy atom. The van der Waals surface area contributed by atoms with Crippen molar-refractivity contribution in [1.29, 1.82) is 0 Å². The second-order valence-corrected chi connectivity index (χ2v) is 11.7. The van der Waals surface area contributed by atoms with Gasteiger partial charge in [-0.25, -0.2) is 9.59 Å². The quantitative estimate of drug-likeness (QED) is 0.439. The first-order valence-corrected chi connectivity index (χ1v) is 13.1. The topological polar surface area (TPSA) is 94.2 Å². The zero-order chi connectivity index (χ0) is 30.8. The largest absolute Gasteiger partial charge is 0.467 e. The fraction of sp³-hybridized carbons (Fsp3) is 0.500. The molecule has 41 heavy (non-hydrogen) atoms. The smallest absolute Gasteiger partial charge is 0.427 e. The lowest BCUT2D eigenvalue weighted by atomic mass is 9.85. The fourth-order valence-corrected chi connectivity index (χ4v) is 4.77. The van der Waals surface area contributed by atoms with Crippen molar-refractivity contribution < 1.29 is 41.8 Å². The SMILES string of the molecule is COC(=O)[C@@H]1C[C@@](OC)(c2ccc(-c3ccccc3)cc2)CN1C(=O)[C@@H](NC(=O)OC(C)(C)C(F)(F)F)C(C)(C)C. The first kappa shape index (κ1) is 31.9. The van der Waals surface area contributed by atoms with Crippen molar-refractivity contribution >= 4 is 18.0 Å². The molecule has 0 bridgehead atoms. The lowest BCUT2D eigenvalue weighted by molar-refractivity contribution is -0.244. The van der Waals surface area contributed by atoms with Crippen LogP contribution in [0.5, 0.6) is 0 Å². The van der Waals surface area contributed by atoms with Gasteiger partial charge in [0.05, 0.1) is 13.7 Å². The highest BCUT2D eigenvalue weighted by atomic mass is 19.4. The van der Waals surface area contributed by atoms with Gasteiger partial charge < -0.3 is 24.4 Å². The number of rotatable bonds is 7. The molecule has 8 nitrogen and oxygen atoms in total. The van der Waals surface area contributed by atoms with Gasteiger partial charge in [0.1, 0.15) is 17.7 Å². The number of alkyl carbamates (subject to hydrolysis) is 1. The molecule has 1 N–H and O–H groups in total. The number of halogens is 3. The van der Waals surface area contributed by atoms with Crippen LogP contribution in [0.25, 0.3) is 11.1 Å². The standard InChI is InChI=1S/C30H37F3N2O6/c1-27(2,3)23(34-26(38)41-28(4,5)30(31,32)33)24(36)35-18-29(40-7,17-22(35)25(37)39-6)21-15-13-20(14-16-21)19-11-9-8-10-12-19/h8-16,22-23H,17-18H2,1-7H3,(H,34,38)/t22-,23+,29-/m0/s1. The molecule has 1 aliphatic heterocycles. The Kier molecular flexibility index (Phi) is 9.12. The summed E-state index contributed by atoms with van der Waals surface area (Å²) < 4.78 is 55.5. The van der Waals surface area contributed by atoms with E-state index in [0.717, 1.165) is 16.7 Å². The van der Waals surface area contributed by atoms with E-state index in [1.165, 1.54) is 19.1 Å². The minimum absolute atomic E-state index is 0.0645. The van der Waals surface area contributed by atoms with Crippen LogP contribution in [0.15, 0.2) is 54.6 Å². The van der Waals surface area contributed by atoms with E-state index in [0.29, 0.717) is 13.8 Å². The van der Waals surface area contributed by atoms with Gasteiger partial charge in [-0.2, -0.15) is 13.2 Å². The van der Waals surface area contributed by atoms with E-state index in [4.69, 9.17) is 9.47 Å². The number of nitrogens with zero attached hydrogens (tertiary/aromatic N) is 1. The van der Waals surface area contributed by atoms with Gasteiger partial charge in [-0.15, -0.1) is 0 Å². The number of esters is 1. The van der Waals surface area contributed by atoms with Crippen LogP contribution >= 0.6 is 0 Å². The third kappa shape index (κ3) is 6.83. The van der Waals surface area contributed by atoms with Gasteiger partial charge in [0.2, 0.25) is 11.5 Å². The van der Waals surface area contributed by atoms with E-state index < -0.39 is 52.8 Å². The summed E-state index contributed by atoms with van der Waals surface area (Å²) in [6.45, 7) is 6.28. The van der Waals surface area contributed by atoms with Crippen LogP contribution in [0.4, 0.5) is 18.0 Å². The maximum atomic E-state index is 14.0. The van der Waals surface area contributed by atoms with Crippen LogP contribution in [0.1, 0.15) is 46.6 Å². The summed E-state index contributed by atoms with van der Waals surface area (Å²) in [6.07, 6.45) is -6.18. The van der Waals surface area contributed by atoms with Crippen LogP contribution in [-0.2, 0) is 29.4 Å². The van der Waals surface area contributed by atoms with E-state index in [1.54, 1.807) is 20.8 Å². The van der Waals surface area contributed by atoms with Crippen LogP contribution in [0.2, 0.25) is 0 Å². The lowest BCUT2D eigenvalue weighted by Crippen LogP contribution is -2.58. The summed E-state index contributed by atoms with van der Waals surface area (Å²) in [7, 11) is 2.67. The molecule has 0 unspecified atom stereocenters. The number of ether oxygens (including phenoxy) is 3. The maximum absolute atomic E-state index is 14.0. The van der Waals surface area contributed by atoms with E-state index in [1.807, 2.05) is 54.6 Å². The predicted molar refractivity (Wildman–Crippen MR) is 146 cm³/mol. The van der Waals surface area contributed by atoms with E-state index in [2.05, 4.69) is 10.1 Å². The molecule has 0 radical (unpaired) electrons. The number of nitrogens with one attached hydrogen (secondary N) is 1. The first-order chi connectivity index (χ1) is 19.0. The molecule has 224 valence electrons. The van der Waals surface area contributed by atoms with Crippen LogP contribution in [0.3, 0.4) is 0 Å². The molecule has 1 fully saturated rings. The average molecular weight is 579 g/mol. The number of hydrogen-bond donors (Lipinski definition) is 1. The molecule has 2 amide bonds. The molecule has 0 spiro atoms. The Balaban J connectivity index is 1.93. The molecule has 0 aromatic heterocycles. The number of carbonyl (C=O) groups excluding carboxylic acids is 3. The molecule has 2 aromatic carbocycles. The highest BCUT2D eigenvalue weighted by Crippen LogP contribution is 2.41. The Morgan fingerprint density at radius 3 is 1.98 bits per heavy atom. The Hall–Kier alpha value is -3.60. The molecule has 3 rings (SSSR count). The maximum Gasteiger partial charge on any atom is 0.427 e. The van der Waals surface area contributed by atoms with Crippen molar-refractivity contribution in [2.75, 3.05) is 20.8 Å². The van der Waals surface area contributed by atoms with Gasteiger partial charge >= 0.3 is 18.2 Å². The number of alkyl halides is 3. The van der Waals surface area contributed by atoms with Crippen LogP contribution in [-0.4, -0.2) is 67.5 Å². The van der Waals surface area contributed by atoms with Gasteiger partial charge in [0.25, 0.3) is 0 Å². The summed E-state index contributed by atoms with van der Waals surface area (Å²) in [5.41, 5.74) is -2.15. The fourth-order valence-electron chi connectivity index (χ4n) is 4.77. The van der Waals surface area contributed by atoms with Crippen LogP contribution < -0.4 is 5.32 Å². The zero-order valence-corrected chi connectivity index (χ0v) is 24.3. The van der Waals surface area contributed by atoms with Gasteiger partial charge in [-0.1, -0.05) is 75.4 Å². The number of benzene rings is 2. The Bertz CT molecular complexity index is 1240. The highest BCUT2D eigenvalue weighted by molar-refractivity contribution is 5.91. The molecule has 2 aromatic rings. The van der Waals surface area contributed by atoms with Crippen molar-refractivity contribution in [3.63, 3.8) is 0 Å². The van der Waals surface area contributed by atoms with Gasteiger partial charge in [-0.05, 0) is 36.0 Å². The van der Waals surface area contributed by atoms with Crippen molar-refractivity contribution in [3.8, 4) is 11.1 Å². The number of amides is 2. The molecule has 3 atom stereocenters. The van der Waals surface area contributed by atoms with Crippen molar-refractivity contribution in [3.05, 3.63) is 60.2 Å². The van der Waals surface area contributed by atoms with Crippen molar-refractivity contribution in [1.82, 2.24) is 10.2 Å². The van der Waals surface area contributed by atoms with Crippen molar-refractivity contribution in [2.24, 2.45) is 5.41 Å². The number of likely N-dealkylation sites (tertiary alicyclic amines) is 1. The lowest BCUT2D eigenvalue weighted by Gasteiger charge is -2.36. The summed E-state index contributed by atoms with van der Waals surface area (Å²) >= 11 is 0. The zero-order valence-electron chi connectivity index (χ0n) is 24.3. The van der Waals surface area contributed by atoms with Crippen molar-refractivity contribution in [2.45, 2.75) is 70.5 Å². The second kappa shape index (κ2) is 11.7. The summed E-state index contributed by atoms with van der Waals surface area (Å²) in [6, 6.07) is 14.9. The summed E-state index contributed by atoms with van der Waals surface area (Å²) in [5.74, 6) is -1.37. The number of carbonyl (C=O) groups is 3. The van der Waals surface area contributed by atoms with E-state index >= 15 is 0 Å². The molecule has 1 aliphatic rings. The molecular formula is C30H37F3N2O6. The minimum Gasteiger partial charge on any atom is -0.467 e. The van der Waals surface area contributed by atoms with Gasteiger partial charge in [0.15, 0.2) is 0 Å². The molecular weight excluding hydrogens is 541 g/mol. The second-order valence-electron chi connectivity index (χ2n) is 11.7. The van der Waals surface area contributed by atoms with Gasteiger partial charge in [0, 0.05) is 13.5 Å². The van der Waals surface area contributed by atoms with Gasteiger partial charge in [-0.3, -0.25) is 4.79 Å². The average Bonchev–Trinajstić information content (AvgIpc) is 3.31. The molecule has 1 saturated heterocycles. The van der Waals surface area contributed by atoms with E-state index in [9.17, 15) is 27.6 Å². The Morgan fingerprint density at radius 1 is 0.927 bits per heavy atom. The van der Waals surface area contributed by atoms with Crippen LogP contribution in [0, 0.1) is 5.41 Å².